The van der Waals surface area contributed by atoms with Gasteiger partial charge in [0.2, 0.25) is 0 Å². The van der Waals surface area contributed by atoms with Crippen molar-refractivity contribution in [2.75, 3.05) is 0 Å². The summed E-state index contributed by atoms with van der Waals surface area (Å²) in [5.74, 6) is 0. The summed E-state index contributed by atoms with van der Waals surface area (Å²) in [6.07, 6.45) is -3.77. The molecule has 2 aromatic rings. The summed E-state index contributed by atoms with van der Waals surface area (Å²) in [6.45, 7) is 3.79. The molecule has 6 heteroatoms. The van der Waals surface area contributed by atoms with Gasteiger partial charge in [0.1, 0.15) is 0 Å². The molecule has 0 bridgehead atoms. The lowest BCUT2D eigenvalue weighted by Crippen LogP contribution is -2.04. The highest BCUT2D eigenvalue weighted by molar-refractivity contribution is 7.11. The first-order valence-electron chi connectivity index (χ1n) is 6.15. The van der Waals surface area contributed by atoms with Crippen LogP contribution in [0.2, 0.25) is 0 Å². The van der Waals surface area contributed by atoms with Crippen LogP contribution < -0.4 is 5.73 Å². The Hall–Kier alpha value is -1.40. The van der Waals surface area contributed by atoms with Crippen molar-refractivity contribution >= 4 is 11.3 Å². The molecule has 0 saturated heterocycles. The number of nitrogens with two attached hydrogens (primary N) is 1. The quantitative estimate of drug-likeness (QED) is 0.927. The predicted molar refractivity (Wildman–Crippen MR) is 73.7 cm³/mol. The van der Waals surface area contributed by atoms with Gasteiger partial charge >= 0.3 is 6.18 Å². The lowest BCUT2D eigenvalue weighted by Gasteiger charge is -2.06. The average molecular weight is 300 g/mol. The van der Waals surface area contributed by atoms with Gasteiger partial charge in [0.25, 0.3) is 0 Å². The summed E-state index contributed by atoms with van der Waals surface area (Å²) < 4.78 is 37.4. The zero-order chi connectivity index (χ0) is 14.9. The summed E-state index contributed by atoms with van der Waals surface area (Å²) in [5.41, 5.74) is 6.91. The number of benzene rings is 1. The van der Waals surface area contributed by atoms with Gasteiger partial charge in [0.15, 0.2) is 0 Å². The fraction of sp³-hybridized carbons (Fsp3) is 0.357. The third kappa shape index (κ3) is 3.37. The standard InChI is InChI=1S/C14H15F3N2S/c1-8(18)13-9(2)19-12(20-13)7-10-3-5-11(6-4-10)14(15,16)17/h3-6,8H,7,18H2,1-2H3. The Balaban J connectivity index is 2.16. The van der Waals surface area contributed by atoms with Crippen LogP contribution in [-0.4, -0.2) is 4.98 Å². The molecule has 108 valence electrons. The zero-order valence-corrected chi connectivity index (χ0v) is 12.0. The van der Waals surface area contributed by atoms with Crippen LogP contribution in [0.5, 0.6) is 0 Å². The Morgan fingerprint density at radius 1 is 1.25 bits per heavy atom. The molecule has 1 aromatic carbocycles. The number of aromatic nitrogens is 1. The molecule has 1 aromatic heterocycles. The molecule has 0 radical (unpaired) electrons. The number of alkyl halides is 3. The van der Waals surface area contributed by atoms with Crippen molar-refractivity contribution in [3.8, 4) is 0 Å². The molecule has 0 aliphatic carbocycles. The Labute approximate surface area is 119 Å². The summed E-state index contributed by atoms with van der Waals surface area (Å²) >= 11 is 1.51. The molecule has 1 heterocycles. The number of nitrogens with zero attached hydrogens (tertiary/aromatic N) is 1. The molecular weight excluding hydrogens is 285 g/mol. The molecule has 0 amide bonds. The first kappa shape index (κ1) is 15.0. The van der Waals surface area contributed by atoms with Crippen molar-refractivity contribution in [2.45, 2.75) is 32.5 Å². The fourth-order valence-electron chi connectivity index (χ4n) is 1.95. The van der Waals surface area contributed by atoms with E-state index in [4.69, 9.17) is 5.73 Å². The third-order valence-corrected chi connectivity index (χ3v) is 4.29. The van der Waals surface area contributed by atoms with E-state index in [-0.39, 0.29) is 6.04 Å². The van der Waals surface area contributed by atoms with E-state index in [9.17, 15) is 13.2 Å². The summed E-state index contributed by atoms with van der Waals surface area (Å²) in [4.78, 5) is 5.43. The summed E-state index contributed by atoms with van der Waals surface area (Å²) in [5, 5.41) is 0.870. The van der Waals surface area contributed by atoms with E-state index < -0.39 is 11.7 Å². The SMILES string of the molecule is Cc1nc(Cc2ccc(C(F)(F)F)cc2)sc1C(C)N. The van der Waals surface area contributed by atoms with Gasteiger partial charge in [-0.2, -0.15) is 13.2 Å². The molecule has 20 heavy (non-hydrogen) atoms. The lowest BCUT2D eigenvalue weighted by atomic mass is 10.1. The van der Waals surface area contributed by atoms with E-state index in [0.29, 0.717) is 6.42 Å². The van der Waals surface area contributed by atoms with Gasteiger partial charge in [-0.05, 0) is 31.5 Å². The normalized spacial score (nSPS) is 13.5. The molecule has 0 saturated carbocycles. The van der Waals surface area contributed by atoms with Crippen molar-refractivity contribution < 1.29 is 13.2 Å². The Bertz CT molecular complexity index is 585. The second-order valence-corrected chi connectivity index (χ2v) is 5.83. The second kappa shape index (κ2) is 5.54. The lowest BCUT2D eigenvalue weighted by molar-refractivity contribution is -0.137. The minimum Gasteiger partial charge on any atom is -0.323 e. The second-order valence-electron chi connectivity index (χ2n) is 4.72. The topological polar surface area (TPSA) is 38.9 Å². The van der Waals surface area contributed by atoms with Crippen molar-refractivity contribution in [1.29, 1.82) is 0 Å². The monoisotopic (exact) mass is 300 g/mol. The van der Waals surface area contributed by atoms with Crippen molar-refractivity contribution in [3.05, 3.63) is 51.0 Å². The largest absolute Gasteiger partial charge is 0.416 e. The molecule has 0 aliphatic heterocycles. The maximum atomic E-state index is 12.5. The van der Waals surface area contributed by atoms with Crippen molar-refractivity contribution in [3.63, 3.8) is 0 Å². The minimum absolute atomic E-state index is 0.0751. The van der Waals surface area contributed by atoms with E-state index in [0.717, 1.165) is 33.3 Å². The molecule has 0 spiro atoms. The van der Waals surface area contributed by atoms with E-state index in [1.807, 2.05) is 13.8 Å². The van der Waals surface area contributed by atoms with E-state index >= 15 is 0 Å². The molecule has 0 aliphatic rings. The zero-order valence-electron chi connectivity index (χ0n) is 11.2. The summed E-state index contributed by atoms with van der Waals surface area (Å²) in [6, 6.07) is 5.11. The molecular formula is C14H15F3N2S. The van der Waals surface area contributed by atoms with Crippen molar-refractivity contribution in [1.82, 2.24) is 4.98 Å². The van der Waals surface area contributed by atoms with Crippen LogP contribution in [0, 0.1) is 6.92 Å². The van der Waals surface area contributed by atoms with Crippen molar-refractivity contribution in [2.24, 2.45) is 5.73 Å². The summed E-state index contributed by atoms with van der Waals surface area (Å²) in [7, 11) is 0. The van der Waals surface area contributed by atoms with Gasteiger partial charge in [0.05, 0.1) is 16.3 Å². The van der Waals surface area contributed by atoms with Crippen LogP contribution in [0.1, 0.15) is 39.7 Å². The van der Waals surface area contributed by atoms with Crippen LogP contribution in [-0.2, 0) is 12.6 Å². The molecule has 1 atom stereocenters. The predicted octanol–water partition coefficient (Wildman–Crippen LogP) is 4.08. The first-order valence-corrected chi connectivity index (χ1v) is 6.97. The third-order valence-electron chi connectivity index (χ3n) is 2.93. The van der Waals surface area contributed by atoms with Crippen LogP contribution in [0.25, 0.3) is 0 Å². The Morgan fingerprint density at radius 2 is 1.85 bits per heavy atom. The van der Waals surface area contributed by atoms with Crippen LogP contribution >= 0.6 is 11.3 Å². The Morgan fingerprint density at radius 3 is 2.30 bits per heavy atom. The average Bonchev–Trinajstić information content (AvgIpc) is 2.70. The minimum atomic E-state index is -4.29. The number of rotatable bonds is 3. The molecule has 2 N–H and O–H groups in total. The number of hydrogen-bond donors (Lipinski definition) is 1. The smallest absolute Gasteiger partial charge is 0.323 e. The molecule has 1 unspecified atom stereocenters. The van der Waals surface area contributed by atoms with Gasteiger partial charge < -0.3 is 5.73 Å². The molecule has 0 fully saturated rings. The highest BCUT2D eigenvalue weighted by Gasteiger charge is 2.29. The fourth-order valence-corrected chi connectivity index (χ4v) is 3.00. The van der Waals surface area contributed by atoms with Gasteiger partial charge in [0, 0.05) is 17.3 Å². The van der Waals surface area contributed by atoms with Gasteiger partial charge in [-0.15, -0.1) is 11.3 Å². The van der Waals surface area contributed by atoms with Crippen LogP contribution in [0.3, 0.4) is 0 Å². The molecule has 2 nitrogen and oxygen atoms in total. The number of thiazole rings is 1. The maximum Gasteiger partial charge on any atom is 0.416 e. The number of halogens is 3. The first-order chi connectivity index (χ1) is 9.27. The number of hydrogen-bond acceptors (Lipinski definition) is 3. The van der Waals surface area contributed by atoms with Gasteiger partial charge in [-0.3, -0.25) is 0 Å². The maximum absolute atomic E-state index is 12.5. The van der Waals surface area contributed by atoms with E-state index in [1.54, 1.807) is 0 Å². The highest BCUT2D eigenvalue weighted by atomic mass is 32.1. The van der Waals surface area contributed by atoms with Gasteiger partial charge in [-0.1, -0.05) is 12.1 Å². The molecule has 2 rings (SSSR count). The Kier molecular flexibility index (Phi) is 4.15. The van der Waals surface area contributed by atoms with Crippen LogP contribution in [0.15, 0.2) is 24.3 Å². The van der Waals surface area contributed by atoms with Crippen LogP contribution in [0.4, 0.5) is 13.2 Å². The van der Waals surface area contributed by atoms with Gasteiger partial charge in [-0.25, -0.2) is 4.98 Å². The highest BCUT2D eigenvalue weighted by Crippen LogP contribution is 2.30. The van der Waals surface area contributed by atoms with E-state index in [2.05, 4.69) is 4.98 Å². The van der Waals surface area contributed by atoms with E-state index in [1.165, 1.54) is 23.5 Å². The number of aryl methyl sites for hydroxylation is 1.